The summed E-state index contributed by atoms with van der Waals surface area (Å²) in [6, 6.07) is 0. The van der Waals surface area contributed by atoms with Gasteiger partial charge in [-0.05, 0) is 6.92 Å². The molecule has 6 heteroatoms. The predicted molar refractivity (Wildman–Crippen MR) is 48.4 cm³/mol. The molecule has 0 saturated heterocycles. The SMILES string of the molecule is CCOC(=O)C1=CNc2ncnn2C1. The van der Waals surface area contributed by atoms with Crippen LogP contribution in [0.25, 0.3) is 0 Å². The van der Waals surface area contributed by atoms with Crippen LogP contribution in [0.15, 0.2) is 18.1 Å². The number of nitrogens with zero attached hydrogens (tertiary/aromatic N) is 3. The van der Waals surface area contributed by atoms with E-state index < -0.39 is 0 Å². The topological polar surface area (TPSA) is 69.0 Å². The third-order valence-corrected chi connectivity index (χ3v) is 1.85. The molecule has 0 saturated carbocycles. The van der Waals surface area contributed by atoms with Gasteiger partial charge in [0.2, 0.25) is 5.95 Å². The van der Waals surface area contributed by atoms with E-state index in [0.29, 0.717) is 24.7 Å². The lowest BCUT2D eigenvalue weighted by atomic mass is 10.2. The summed E-state index contributed by atoms with van der Waals surface area (Å²) in [4.78, 5) is 15.3. The highest BCUT2D eigenvalue weighted by atomic mass is 16.5. The maximum absolute atomic E-state index is 11.3. The van der Waals surface area contributed by atoms with Crippen LogP contribution in [0.2, 0.25) is 0 Å². The first kappa shape index (κ1) is 8.74. The van der Waals surface area contributed by atoms with Gasteiger partial charge in [0.25, 0.3) is 0 Å². The monoisotopic (exact) mass is 194 g/mol. The highest BCUT2D eigenvalue weighted by Crippen LogP contribution is 2.13. The molecule has 0 bridgehead atoms. The Labute approximate surface area is 80.6 Å². The van der Waals surface area contributed by atoms with Gasteiger partial charge in [0, 0.05) is 6.20 Å². The minimum Gasteiger partial charge on any atom is -0.463 e. The predicted octanol–water partition coefficient (Wildman–Crippen LogP) is 0.151. The minimum atomic E-state index is -0.318. The molecule has 1 aromatic heterocycles. The van der Waals surface area contributed by atoms with Crippen LogP contribution < -0.4 is 5.32 Å². The Bertz CT molecular complexity index is 382. The Hall–Kier alpha value is -1.85. The van der Waals surface area contributed by atoms with Gasteiger partial charge in [0.1, 0.15) is 6.33 Å². The van der Waals surface area contributed by atoms with Crippen molar-refractivity contribution in [2.45, 2.75) is 13.5 Å². The molecule has 6 nitrogen and oxygen atoms in total. The van der Waals surface area contributed by atoms with E-state index in [4.69, 9.17) is 4.74 Å². The molecule has 0 fully saturated rings. The second-order valence-corrected chi connectivity index (χ2v) is 2.78. The Morgan fingerprint density at radius 2 is 2.64 bits per heavy atom. The molecule has 2 rings (SSSR count). The number of esters is 1. The van der Waals surface area contributed by atoms with Crippen LogP contribution in [0.3, 0.4) is 0 Å². The largest absolute Gasteiger partial charge is 0.463 e. The average Bonchev–Trinajstić information content (AvgIpc) is 2.64. The molecule has 0 aromatic carbocycles. The third-order valence-electron chi connectivity index (χ3n) is 1.85. The number of fused-ring (bicyclic) bond motifs is 1. The molecule has 0 unspecified atom stereocenters. The highest BCUT2D eigenvalue weighted by molar-refractivity contribution is 5.89. The lowest BCUT2D eigenvalue weighted by Gasteiger charge is -2.13. The van der Waals surface area contributed by atoms with Gasteiger partial charge in [-0.1, -0.05) is 0 Å². The van der Waals surface area contributed by atoms with Crippen LogP contribution in [-0.4, -0.2) is 27.3 Å². The van der Waals surface area contributed by atoms with E-state index in [1.807, 2.05) is 0 Å². The fraction of sp³-hybridized carbons (Fsp3) is 0.375. The number of nitrogens with one attached hydrogen (secondary N) is 1. The van der Waals surface area contributed by atoms with Gasteiger partial charge >= 0.3 is 5.97 Å². The van der Waals surface area contributed by atoms with E-state index in [9.17, 15) is 4.79 Å². The zero-order valence-corrected chi connectivity index (χ0v) is 7.73. The third kappa shape index (κ3) is 1.46. The van der Waals surface area contributed by atoms with Gasteiger partial charge in [-0.2, -0.15) is 10.1 Å². The highest BCUT2D eigenvalue weighted by Gasteiger charge is 2.17. The zero-order chi connectivity index (χ0) is 9.97. The number of anilines is 1. The molecular formula is C8H10N4O2. The molecule has 1 N–H and O–H groups in total. The molecule has 0 aliphatic carbocycles. The fourth-order valence-electron chi connectivity index (χ4n) is 1.20. The smallest absolute Gasteiger partial charge is 0.337 e. The number of aromatic nitrogens is 3. The van der Waals surface area contributed by atoms with Gasteiger partial charge < -0.3 is 10.1 Å². The van der Waals surface area contributed by atoms with Crippen LogP contribution in [0.4, 0.5) is 5.95 Å². The van der Waals surface area contributed by atoms with E-state index in [1.165, 1.54) is 6.33 Å². The van der Waals surface area contributed by atoms with Crippen molar-refractivity contribution in [2.75, 3.05) is 11.9 Å². The normalized spacial score (nSPS) is 13.9. The Morgan fingerprint density at radius 1 is 1.79 bits per heavy atom. The molecular weight excluding hydrogens is 184 g/mol. The van der Waals surface area contributed by atoms with Crippen molar-refractivity contribution in [3.05, 3.63) is 18.1 Å². The van der Waals surface area contributed by atoms with Gasteiger partial charge in [-0.3, -0.25) is 0 Å². The van der Waals surface area contributed by atoms with Crippen LogP contribution in [0, 0.1) is 0 Å². The Balaban J connectivity index is 2.11. The lowest BCUT2D eigenvalue weighted by molar-refractivity contribution is -0.138. The van der Waals surface area contributed by atoms with Crippen LogP contribution >= 0.6 is 0 Å². The number of carbonyl (C=O) groups is 1. The van der Waals surface area contributed by atoms with Crippen molar-refractivity contribution in [3.63, 3.8) is 0 Å². The van der Waals surface area contributed by atoms with Crippen molar-refractivity contribution in [1.29, 1.82) is 0 Å². The number of hydrogen-bond acceptors (Lipinski definition) is 5. The van der Waals surface area contributed by atoms with E-state index >= 15 is 0 Å². The molecule has 0 atom stereocenters. The van der Waals surface area contributed by atoms with E-state index in [1.54, 1.807) is 17.8 Å². The second kappa shape index (κ2) is 3.49. The quantitative estimate of drug-likeness (QED) is 0.679. The fourth-order valence-corrected chi connectivity index (χ4v) is 1.20. The lowest BCUT2D eigenvalue weighted by Crippen LogP contribution is -2.20. The summed E-state index contributed by atoms with van der Waals surface area (Å²) in [6.45, 7) is 2.55. The van der Waals surface area contributed by atoms with Crippen molar-refractivity contribution in [1.82, 2.24) is 14.8 Å². The maximum Gasteiger partial charge on any atom is 0.337 e. The Kier molecular flexibility index (Phi) is 2.18. The molecule has 1 aliphatic rings. The number of rotatable bonds is 2. The minimum absolute atomic E-state index is 0.318. The molecule has 0 amide bonds. The maximum atomic E-state index is 11.3. The van der Waals surface area contributed by atoms with Crippen LogP contribution in [0.5, 0.6) is 0 Å². The molecule has 74 valence electrons. The van der Waals surface area contributed by atoms with Crippen LogP contribution in [-0.2, 0) is 16.1 Å². The summed E-state index contributed by atoms with van der Waals surface area (Å²) >= 11 is 0. The van der Waals surface area contributed by atoms with Crippen LogP contribution in [0.1, 0.15) is 6.92 Å². The van der Waals surface area contributed by atoms with Crippen molar-refractivity contribution in [2.24, 2.45) is 0 Å². The van der Waals surface area contributed by atoms with Crippen molar-refractivity contribution >= 4 is 11.9 Å². The first-order valence-electron chi connectivity index (χ1n) is 4.31. The van der Waals surface area contributed by atoms with Crippen molar-refractivity contribution in [3.8, 4) is 0 Å². The summed E-state index contributed by atoms with van der Waals surface area (Å²) in [5, 5.41) is 6.80. The molecule has 14 heavy (non-hydrogen) atoms. The molecule has 2 heterocycles. The van der Waals surface area contributed by atoms with E-state index in [-0.39, 0.29) is 5.97 Å². The molecule has 1 aliphatic heterocycles. The summed E-state index contributed by atoms with van der Waals surface area (Å²) < 4.78 is 6.47. The summed E-state index contributed by atoms with van der Waals surface area (Å²) in [6.07, 6.45) is 3.03. The van der Waals surface area contributed by atoms with Crippen molar-refractivity contribution < 1.29 is 9.53 Å². The Morgan fingerprint density at radius 3 is 3.43 bits per heavy atom. The summed E-state index contributed by atoms with van der Waals surface area (Å²) in [7, 11) is 0. The first-order valence-corrected chi connectivity index (χ1v) is 4.31. The number of ether oxygens (including phenoxy) is 1. The van der Waals surface area contributed by atoms with Gasteiger partial charge in [0.15, 0.2) is 0 Å². The molecule has 0 spiro atoms. The standard InChI is InChI=1S/C8H10N4O2/c1-2-14-7(13)6-3-9-8-10-5-11-12(8)4-6/h3,5H,2,4H2,1H3,(H,9,10,11). The van der Waals surface area contributed by atoms with E-state index in [2.05, 4.69) is 15.4 Å². The first-order chi connectivity index (χ1) is 6.81. The molecule has 1 aromatic rings. The van der Waals surface area contributed by atoms with E-state index in [0.717, 1.165) is 0 Å². The van der Waals surface area contributed by atoms with Gasteiger partial charge in [-0.25, -0.2) is 9.48 Å². The average molecular weight is 194 g/mol. The van der Waals surface area contributed by atoms with Gasteiger partial charge in [-0.15, -0.1) is 0 Å². The van der Waals surface area contributed by atoms with Gasteiger partial charge in [0.05, 0.1) is 18.7 Å². The summed E-state index contributed by atoms with van der Waals surface area (Å²) in [5.74, 6) is 0.319. The summed E-state index contributed by atoms with van der Waals surface area (Å²) in [5.41, 5.74) is 0.546. The number of hydrogen-bond donors (Lipinski definition) is 1. The second-order valence-electron chi connectivity index (χ2n) is 2.78. The number of carbonyl (C=O) groups excluding carboxylic acids is 1. The molecule has 0 radical (unpaired) electrons. The zero-order valence-electron chi connectivity index (χ0n) is 7.73.